The second-order valence-electron chi connectivity index (χ2n) is 9.30. The number of fused-ring (bicyclic) bond motifs is 5. The summed E-state index contributed by atoms with van der Waals surface area (Å²) in [5, 5.41) is 38.6. The first-order valence-electron chi connectivity index (χ1n) is 10.2. The number of carbonyl (C=O) groups excluding carboxylic acids is 2. The highest BCUT2D eigenvalue weighted by Crippen LogP contribution is 2.67. The average molecular weight is 406 g/mol. The Morgan fingerprint density at radius 3 is 2.59 bits per heavy atom. The number of aliphatic hydroxyl groups is 3. The van der Waals surface area contributed by atoms with Gasteiger partial charge in [-0.05, 0) is 56.1 Å². The third kappa shape index (κ3) is 3.02. The second kappa shape index (κ2) is 7.45. The molecule has 0 aliphatic heterocycles. The Balaban J connectivity index is 0.000000755. The van der Waals surface area contributed by atoms with Gasteiger partial charge in [-0.15, -0.1) is 0 Å². The zero-order chi connectivity index (χ0) is 21.6. The predicted molar refractivity (Wildman–Crippen MR) is 104 cm³/mol. The molecule has 0 bridgehead atoms. The number of rotatable bonds is 2. The minimum Gasteiger partial charge on any atom is -0.483 e. The summed E-state index contributed by atoms with van der Waals surface area (Å²) >= 11 is 0. The van der Waals surface area contributed by atoms with Crippen molar-refractivity contribution in [3.8, 4) is 0 Å². The van der Waals surface area contributed by atoms with Gasteiger partial charge in [0.1, 0.15) is 12.2 Å². The average Bonchev–Trinajstić information content (AvgIpc) is 2.93. The lowest BCUT2D eigenvalue weighted by molar-refractivity contribution is -0.178. The molecule has 4 aliphatic rings. The van der Waals surface area contributed by atoms with Gasteiger partial charge in [-0.25, -0.2) is 0 Å². The minimum absolute atomic E-state index is 0.00912. The van der Waals surface area contributed by atoms with Gasteiger partial charge in [-0.2, -0.15) is 0 Å². The molecule has 7 atom stereocenters. The maximum atomic E-state index is 12.4. The number of ketones is 2. The van der Waals surface area contributed by atoms with Crippen LogP contribution in [0.1, 0.15) is 46.0 Å². The van der Waals surface area contributed by atoms with Gasteiger partial charge in [0.15, 0.2) is 11.6 Å². The molecular formula is C22H30O7. The fourth-order valence-electron chi connectivity index (χ4n) is 6.92. The van der Waals surface area contributed by atoms with Gasteiger partial charge in [0, 0.05) is 16.7 Å². The third-order valence-corrected chi connectivity index (χ3v) is 8.25. The Labute approximate surface area is 170 Å². The van der Waals surface area contributed by atoms with Gasteiger partial charge < -0.3 is 20.4 Å². The first-order chi connectivity index (χ1) is 13.6. The highest BCUT2D eigenvalue weighted by atomic mass is 16.3. The molecule has 4 rings (SSSR count). The minimum atomic E-state index is -1.56. The van der Waals surface area contributed by atoms with Crippen molar-refractivity contribution < 1.29 is 34.8 Å². The molecule has 7 heteroatoms. The van der Waals surface area contributed by atoms with Gasteiger partial charge >= 0.3 is 0 Å². The number of allylic oxidation sites excluding steroid dienone is 4. The van der Waals surface area contributed by atoms with Crippen molar-refractivity contribution in [1.29, 1.82) is 0 Å². The van der Waals surface area contributed by atoms with Crippen LogP contribution in [-0.4, -0.2) is 56.8 Å². The summed E-state index contributed by atoms with van der Waals surface area (Å²) in [5.41, 5.74) is -1.54. The lowest BCUT2D eigenvalue weighted by Gasteiger charge is -2.59. The largest absolute Gasteiger partial charge is 0.483 e. The Bertz CT molecular complexity index is 771. The number of carboxylic acid groups (broad SMARTS) is 1. The first kappa shape index (κ1) is 21.9. The lowest BCUT2D eigenvalue weighted by atomic mass is 9.46. The molecule has 160 valence electrons. The van der Waals surface area contributed by atoms with Crippen LogP contribution in [0.15, 0.2) is 23.8 Å². The predicted octanol–water partition coefficient (Wildman–Crippen LogP) is 1.26. The van der Waals surface area contributed by atoms with Gasteiger partial charge in [0.05, 0.1) is 6.10 Å². The molecule has 29 heavy (non-hydrogen) atoms. The van der Waals surface area contributed by atoms with Crippen LogP contribution >= 0.6 is 0 Å². The number of carbonyl (C=O) groups is 3. The van der Waals surface area contributed by atoms with Gasteiger partial charge in [-0.1, -0.05) is 25.5 Å². The second-order valence-corrected chi connectivity index (χ2v) is 9.30. The van der Waals surface area contributed by atoms with Crippen molar-refractivity contribution in [2.75, 3.05) is 6.61 Å². The van der Waals surface area contributed by atoms with Gasteiger partial charge in [-0.3, -0.25) is 14.4 Å². The Morgan fingerprint density at radius 1 is 1.31 bits per heavy atom. The molecule has 7 nitrogen and oxygen atoms in total. The molecule has 0 amide bonds. The molecule has 0 unspecified atom stereocenters. The maximum Gasteiger partial charge on any atom is 0.290 e. The summed E-state index contributed by atoms with van der Waals surface area (Å²) in [6.45, 7) is 3.09. The van der Waals surface area contributed by atoms with E-state index < -0.39 is 29.5 Å². The van der Waals surface area contributed by atoms with E-state index in [1.807, 2.05) is 13.0 Å². The zero-order valence-corrected chi connectivity index (χ0v) is 16.9. The van der Waals surface area contributed by atoms with Crippen LogP contribution in [0.2, 0.25) is 0 Å². The smallest absolute Gasteiger partial charge is 0.290 e. The van der Waals surface area contributed by atoms with Crippen LogP contribution in [-0.2, 0) is 14.4 Å². The van der Waals surface area contributed by atoms with E-state index in [4.69, 9.17) is 9.90 Å². The van der Waals surface area contributed by atoms with Crippen LogP contribution in [0, 0.1) is 28.6 Å². The summed E-state index contributed by atoms with van der Waals surface area (Å²) in [6.07, 6.45) is 7.68. The monoisotopic (exact) mass is 406 g/mol. The van der Waals surface area contributed by atoms with Crippen LogP contribution in [0.25, 0.3) is 0 Å². The molecule has 4 N–H and O–H groups in total. The van der Waals surface area contributed by atoms with Crippen LogP contribution in [0.4, 0.5) is 0 Å². The van der Waals surface area contributed by atoms with Crippen molar-refractivity contribution in [2.45, 2.75) is 57.7 Å². The van der Waals surface area contributed by atoms with Crippen LogP contribution in [0.5, 0.6) is 0 Å². The standard InChI is InChI=1S/C21H28O5.CH2O2/c1-19-7-5-13(23)9-12(19)3-4-14-15-6-8-21(26,17(25)11-22)20(15,2)10-16(24)18(14)19;2-1-3/h5,7,9,14-16,18,22,24,26H,3-4,6,8,10-11H2,1-2H3;1H,(H,2,3)/t14-,15-,16-,18+,19-,20-,21-;/m0./s1. The van der Waals surface area contributed by atoms with Crippen molar-refractivity contribution in [1.82, 2.24) is 0 Å². The van der Waals surface area contributed by atoms with E-state index in [2.05, 4.69) is 6.92 Å². The summed E-state index contributed by atoms with van der Waals surface area (Å²) < 4.78 is 0. The van der Waals surface area contributed by atoms with E-state index in [0.717, 1.165) is 24.8 Å². The molecule has 0 radical (unpaired) electrons. The van der Waals surface area contributed by atoms with Crippen molar-refractivity contribution in [2.24, 2.45) is 28.6 Å². The van der Waals surface area contributed by atoms with E-state index in [-0.39, 0.29) is 35.4 Å². The fraction of sp³-hybridized carbons (Fsp3) is 0.682. The molecule has 0 aromatic rings. The molecule has 3 fully saturated rings. The highest BCUT2D eigenvalue weighted by Gasteiger charge is 2.67. The topological polar surface area (TPSA) is 132 Å². The number of hydrogen-bond acceptors (Lipinski definition) is 6. The Morgan fingerprint density at radius 2 is 1.97 bits per heavy atom. The summed E-state index contributed by atoms with van der Waals surface area (Å²) in [4.78, 5) is 32.5. The number of Topliss-reactive ketones (excluding diaryl/α,β-unsaturated/α-hetero) is 1. The number of hydrogen-bond donors (Lipinski definition) is 4. The summed E-state index contributed by atoms with van der Waals surface area (Å²) in [6, 6.07) is 0. The fourth-order valence-corrected chi connectivity index (χ4v) is 6.92. The zero-order valence-electron chi connectivity index (χ0n) is 16.9. The summed E-state index contributed by atoms with van der Waals surface area (Å²) in [7, 11) is 0. The van der Waals surface area contributed by atoms with E-state index in [9.17, 15) is 24.9 Å². The molecule has 4 aliphatic carbocycles. The molecule has 0 spiro atoms. The van der Waals surface area contributed by atoms with Crippen molar-refractivity contribution >= 4 is 18.0 Å². The summed E-state index contributed by atoms with van der Waals surface area (Å²) in [5.74, 6) is -0.227. The molecule has 0 aromatic carbocycles. The first-order valence-corrected chi connectivity index (χ1v) is 10.2. The van der Waals surface area contributed by atoms with Crippen LogP contribution < -0.4 is 0 Å². The van der Waals surface area contributed by atoms with E-state index in [0.29, 0.717) is 12.8 Å². The molecule has 0 saturated heterocycles. The molecule has 0 aromatic heterocycles. The van der Waals surface area contributed by atoms with E-state index in [1.165, 1.54) is 0 Å². The lowest BCUT2D eigenvalue weighted by Crippen LogP contribution is -2.61. The van der Waals surface area contributed by atoms with E-state index >= 15 is 0 Å². The maximum absolute atomic E-state index is 12.4. The molecular weight excluding hydrogens is 376 g/mol. The number of aliphatic hydroxyl groups excluding tert-OH is 2. The Kier molecular flexibility index (Phi) is 5.62. The van der Waals surface area contributed by atoms with Gasteiger partial charge in [0.25, 0.3) is 6.47 Å². The van der Waals surface area contributed by atoms with E-state index in [1.54, 1.807) is 12.2 Å². The Hall–Kier alpha value is -1.83. The van der Waals surface area contributed by atoms with Crippen LogP contribution in [0.3, 0.4) is 0 Å². The molecule has 0 heterocycles. The third-order valence-electron chi connectivity index (χ3n) is 8.25. The normalized spacial score (nSPS) is 45.1. The highest BCUT2D eigenvalue weighted by molar-refractivity contribution is 6.01. The quantitative estimate of drug-likeness (QED) is 0.508. The SMILES string of the molecule is C[C@]12C=CC(=O)C=C1CC[C@@H]1[C@@H]2[C@@H](O)C[C@@]2(C)[C@H]1CC[C@]2(O)C(=O)CO.O=CO. The van der Waals surface area contributed by atoms with Crippen molar-refractivity contribution in [3.63, 3.8) is 0 Å². The van der Waals surface area contributed by atoms with Gasteiger partial charge in [0.2, 0.25) is 0 Å². The molecule has 3 saturated carbocycles. The van der Waals surface area contributed by atoms with Crippen molar-refractivity contribution in [3.05, 3.63) is 23.8 Å².